The van der Waals surface area contributed by atoms with Crippen molar-refractivity contribution in [1.82, 2.24) is 0 Å². The van der Waals surface area contributed by atoms with Crippen LogP contribution in [0.1, 0.15) is 23.5 Å². The smallest absolute Gasteiger partial charge is 0.307 e. The van der Waals surface area contributed by atoms with Gasteiger partial charge in [-0.05, 0) is 29.9 Å². The van der Waals surface area contributed by atoms with Crippen LogP contribution in [0.2, 0.25) is 0 Å². The van der Waals surface area contributed by atoms with Crippen molar-refractivity contribution >= 4 is 5.97 Å². The monoisotopic (exact) mass is 188 g/mol. The summed E-state index contributed by atoms with van der Waals surface area (Å²) in [7, 11) is 0. The molecule has 0 amide bonds. The minimum atomic E-state index is -0.622. The number of aliphatic carboxylic acids is 1. The molecule has 3 atom stereocenters. The summed E-state index contributed by atoms with van der Waals surface area (Å²) < 4.78 is 0. The van der Waals surface area contributed by atoms with Crippen molar-refractivity contribution in [1.29, 1.82) is 0 Å². The van der Waals surface area contributed by atoms with Gasteiger partial charge in [0.25, 0.3) is 0 Å². The molecule has 1 aromatic carbocycles. The lowest BCUT2D eigenvalue weighted by atomic mass is 9.65. The summed E-state index contributed by atoms with van der Waals surface area (Å²) in [5, 5.41) is 9.01. The Morgan fingerprint density at radius 1 is 1.36 bits per heavy atom. The Balaban J connectivity index is 1.99. The second-order valence-corrected chi connectivity index (χ2v) is 4.37. The zero-order valence-electron chi connectivity index (χ0n) is 7.81. The van der Waals surface area contributed by atoms with Crippen molar-refractivity contribution in [3.8, 4) is 0 Å². The Hall–Kier alpha value is -1.31. The Kier molecular flexibility index (Phi) is 1.49. The van der Waals surface area contributed by atoms with E-state index in [4.69, 9.17) is 5.11 Å². The highest BCUT2D eigenvalue weighted by molar-refractivity contribution is 5.73. The van der Waals surface area contributed by atoms with E-state index in [1.54, 1.807) is 0 Å². The van der Waals surface area contributed by atoms with Crippen molar-refractivity contribution in [3.05, 3.63) is 35.4 Å². The lowest BCUT2D eigenvalue weighted by Gasteiger charge is -2.37. The molecule has 1 N–H and O–H groups in total. The van der Waals surface area contributed by atoms with Gasteiger partial charge in [-0.25, -0.2) is 0 Å². The minimum Gasteiger partial charge on any atom is -0.481 e. The van der Waals surface area contributed by atoms with E-state index in [0.717, 1.165) is 12.8 Å². The van der Waals surface area contributed by atoms with Gasteiger partial charge in [0.15, 0.2) is 0 Å². The molecule has 72 valence electrons. The molecule has 2 nitrogen and oxygen atoms in total. The van der Waals surface area contributed by atoms with Gasteiger partial charge < -0.3 is 5.11 Å². The number of benzene rings is 1. The lowest BCUT2D eigenvalue weighted by Crippen LogP contribution is -2.37. The number of hydrogen-bond donors (Lipinski definition) is 1. The van der Waals surface area contributed by atoms with Crippen LogP contribution in [0.3, 0.4) is 0 Å². The normalized spacial score (nSPS) is 33.0. The van der Waals surface area contributed by atoms with Gasteiger partial charge in [0.05, 0.1) is 5.92 Å². The van der Waals surface area contributed by atoms with Crippen LogP contribution in [0.15, 0.2) is 24.3 Å². The van der Waals surface area contributed by atoms with Gasteiger partial charge in [0, 0.05) is 5.92 Å². The fourth-order valence-corrected chi connectivity index (χ4v) is 3.02. The second kappa shape index (κ2) is 2.59. The molecule has 2 aliphatic carbocycles. The molecule has 2 heteroatoms. The maximum absolute atomic E-state index is 10.9. The van der Waals surface area contributed by atoms with Crippen LogP contribution in [0, 0.1) is 11.8 Å². The molecule has 0 unspecified atom stereocenters. The van der Waals surface area contributed by atoms with Gasteiger partial charge in [-0.15, -0.1) is 0 Å². The van der Waals surface area contributed by atoms with Crippen LogP contribution in [0.25, 0.3) is 0 Å². The van der Waals surface area contributed by atoms with Crippen LogP contribution in [-0.4, -0.2) is 11.1 Å². The van der Waals surface area contributed by atoms with Crippen molar-refractivity contribution in [2.75, 3.05) is 0 Å². The van der Waals surface area contributed by atoms with E-state index in [-0.39, 0.29) is 5.92 Å². The molecule has 0 radical (unpaired) electrons. The molecule has 2 aliphatic rings. The van der Waals surface area contributed by atoms with Gasteiger partial charge >= 0.3 is 5.97 Å². The van der Waals surface area contributed by atoms with Crippen LogP contribution in [-0.2, 0) is 11.2 Å². The van der Waals surface area contributed by atoms with Crippen molar-refractivity contribution < 1.29 is 9.90 Å². The second-order valence-electron chi connectivity index (χ2n) is 4.37. The fraction of sp³-hybridized carbons (Fsp3) is 0.417. The zero-order valence-corrected chi connectivity index (χ0v) is 7.81. The quantitative estimate of drug-likeness (QED) is 0.732. The van der Waals surface area contributed by atoms with E-state index >= 15 is 0 Å². The molecule has 0 aromatic heterocycles. The van der Waals surface area contributed by atoms with Gasteiger partial charge in [-0.1, -0.05) is 24.3 Å². The molecule has 3 rings (SSSR count). The maximum atomic E-state index is 10.9. The first kappa shape index (κ1) is 8.04. The summed E-state index contributed by atoms with van der Waals surface area (Å²) in [5.74, 6) is 0.170. The largest absolute Gasteiger partial charge is 0.481 e. The summed E-state index contributed by atoms with van der Waals surface area (Å²) in [6.45, 7) is 0. The summed E-state index contributed by atoms with van der Waals surface area (Å²) in [6.07, 6.45) is 1.96. The number of hydrogen-bond acceptors (Lipinski definition) is 1. The average Bonchev–Trinajstić information content (AvgIpc) is 2.38. The number of fused-ring (bicyclic) bond motifs is 3. The zero-order chi connectivity index (χ0) is 9.71. The summed E-state index contributed by atoms with van der Waals surface area (Å²) >= 11 is 0. The van der Waals surface area contributed by atoms with E-state index in [9.17, 15) is 4.79 Å². The molecular weight excluding hydrogens is 176 g/mol. The molecule has 1 saturated carbocycles. The Morgan fingerprint density at radius 3 is 2.93 bits per heavy atom. The number of carboxylic acid groups (broad SMARTS) is 1. The van der Waals surface area contributed by atoms with Crippen LogP contribution < -0.4 is 0 Å². The van der Waals surface area contributed by atoms with Crippen molar-refractivity contribution in [2.24, 2.45) is 11.8 Å². The molecular formula is C12H12O2. The lowest BCUT2D eigenvalue weighted by molar-refractivity contribution is -0.147. The third-order valence-corrected chi connectivity index (χ3v) is 3.71. The Morgan fingerprint density at radius 2 is 2.14 bits per heavy atom. The predicted molar refractivity (Wildman–Crippen MR) is 52.1 cm³/mol. The van der Waals surface area contributed by atoms with E-state index in [0.29, 0.717) is 11.8 Å². The molecule has 0 bridgehead atoms. The number of rotatable bonds is 1. The third-order valence-electron chi connectivity index (χ3n) is 3.71. The van der Waals surface area contributed by atoms with E-state index in [2.05, 4.69) is 12.1 Å². The van der Waals surface area contributed by atoms with Crippen LogP contribution in [0.4, 0.5) is 0 Å². The Labute approximate surface area is 82.6 Å². The first-order valence-electron chi connectivity index (χ1n) is 5.08. The van der Waals surface area contributed by atoms with E-state index < -0.39 is 5.97 Å². The van der Waals surface area contributed by atoms with Gasteiger partial charge in [0.1, 0.15) is 0 Å². The predicted octanol–water partition coefficient (Wildman–Crippen LogP) is 2.05. The van der Waals surface area contributed by atoms with Gasteiger partial charge in [-0.3, -0.25) is 4.79 Å². The SMILES string of the molecule is O=C(O)[C@@H]1C[C@H]2Cc3ccccc3[C@H]21. The molecule has 0 aliphatic heterocycles. The fourth-order valence-electron chi connectivity index (χ4n) is 3.02. The van der Waals surface area contributed by atoms with Crippen molar-refractivity contribution in [3.63, 3.8) is 0 Å². The highest BCUT2D eigenvalue weighted by Gasteiger charge is 2.50. The summed E-state index contributed by atoms with van der Waals surface area (Å²) in [5.41, 5.74) is 2.66. The molecule has 1 aromatic rings. The van der Waals surface area contributed by atoms with Gasteiger partial charge in [0.2, 0.25) is 0 Å². The Bertz CT molecular complexity index is 397. The summed E-state index contributed by atoms with van der Waals surface area (Å²) in [4.78, 5) is 10.9. The number of carbonyl (C=O) groups is 1. The highest BCUT2D eigenvalue weighted by Crippen LogP contribution is 2.54. The number of carboxylic acids is 1. The topological polar surface area (TPSA) is 37.3 Å². The summed E-state index contributed by atoms with van der Waals surface area (Å²) in [6, 6.07) is 8.28. The van der Waals surface area contributed by atoms with Crippen LogP contribution >= 0.6 is 0 Å². The molecule has 0 spiro atoms. The van der Waals surface area contributed by atoms with Crippen molar-refractivity contribution in [2.45, 2.75) is 18.8 Å². The maximum Gasteiger partial charge on any atom is 0.307 e. The van der Waals surface area contributed by atoms with Gasteiger partial charge in [-0.2, -0.15) is 0 Å². The molecule has 1 fully saturated rings. The average molecular weight is 188 g/mol. The highest BCUT2D eigenvalue weighted by atomic mass is 16.4. The van der Waals surface area contributed by atoms with Crippen LogP contribution in [0.5, 0.6) is 0 Å². The third kappa shape index (κ3) is 0.884. The van der Waals surface area contributed by atoms with E-state index in [1.807, 2.05) is 12.1 Å². The van der Waals surface area contributed by atoms with E-state index in [1.165, 1.54) is 11.1 Å². The standard InChI is InChI=1S/C12H12O2/c13-12(14)10-6-8-5-7-3-1-2-4-9(7)11(8)10/h1-4,8,10-11H,5-6H2,(H,13,14)/t8-,10-,11+/m1/s1. The first-order chi connectivity index (χ1) is 6.77. The molecule has 14 heavy (non-hydrogen) atoms. The molecule has 0 saturated heterocycles. The minimum absolute atomic E-state index is 0.122. The first-order valence-corrected chi connectivity index (χ1v) is 5.08. The molecule has 0 heterocycles.